The molecule has 0 saturated carbocycles. The third-order valence-corrected chi connectivity index (χ3v) is 1.88. The smallest absolute Gasteiger partial charge is 0.320 e. The molecule has 0 aliphatic carbocycles. The fourth-order valence-corrected chi connectivity index (χ4v) is 0.836. The fourth-order valence-electron chi connectivity index (χ4n) is 0.836. The van der Waals surface area contributed by atoms with Crippen LogP contribution in [0.1, 0.15) is 20.3 Å². The molecule has 4 heteroatoms. The molecule has 0 aliphatic rings. The van der Waals surface area contributed by atoms with Crippen LogP contribution in [-0.2, 0) is 4.79 Å². The molecule has 0 amide bonds. The van der Waals surface area contributed by atoms with Crippen molar-refractivity contribution in [2.24, 2.45) is 11.7 Å². The van der Waals surface area contributed by atoms with Crippen LogP contribution in [-0.4, -0.2) is 28.3 Å². The molecule has 0 aromatic carbocycles. The van der Waals surface area contributed by atoms with E-state index in [9.17, 15) is 9.90 Å². The molecule has 0 fully saturated rings. The van der Waals surface area contributed by atoms with Crippen LogP contribution in [0.15, 0.2) is 0 Å². The van der Waals surface area contributed by atoms with Crippen molar-refractivity contribution in [3.8, 4) is 0 Å². The quantitative estimate of drug-likeness (QED) is 0.533. The van der Waals surface area contributed by atoms with E-state index in [1.165, 1.54) is 0 Å². The highest BCUT2D eigenvalue weighted by Gasteiger charge is 2.24. The van der Waals surface area contributed by atoms with E-state index in [-0.39, 0.29) is 0 Å². The summed E-state index contributed by atoms with van der Waals surface area (Å²) >= 11 is 0. The van der Waals surface area contributed by atoms with Crippen molar-refractivity contribution >= 4 is 5.97 Å². The van der Waals surface area contributed by atoms with Gasteiger partial charge in [0.2, 0.25) is 0 Å². The van der Waals surface area contributed by atoms with Crippen LogP contribution in [0.4, 0.5) is 0 Å². The number of aliphatic hydroxyl groups is 1. The Labute approximate surface area is 66.0 Å². The average Bonchev–Trinajstić information content (AvgIpc) is 2.00. The van der Waals surface area contributed by atoms with Crippen LogP contribution in [0, 0.1) is 5.92 Å². The monoisotopic (exact) mass is 161 g/mol. The Bertz CT molecular complexity index is 138. The molecule has 11 heavy (non-hydrogen) atoms. The van der Waals surface area contributed by atoms with Crippen molar-refractivity contribution in [2.75, 3.05) is 0 Å². The minimum atomic E-state index is -1.06. The van der Waals surface area contributed by atoms with Crippen molar-refractivity contribution < 1.29 is 15.0 Å². The maximum atomic E-state index is 10.3. The van der Waals surface area contributed by atoms with Crippen LogP contribution < -0.4 is 5.73 Å². The summed E-state index contributed by atoms with van der Waals surface area (Å²) in [6.07, 6.45) is -0.0941. The normalized spacial score (nSPS) is 18.9. The van der Waals surface area contributed by atoms with Gasteiger partial charge in [-0.25, -0.2) is 0 Å². The lowest BCUT2D eigenvalue weighted by Crippen LogP contribution is -2.41. The van der Waals surface area contributed by atoms with Gasteiger partial charge in [0.05, 0.1) is 6.10 Å². The van der Waals surface area contributed by atoms with Gasteiger partial charge in [-0.3, -0.25) is 4.79 Å². The Balaban J connectivity index is 4.00. The summed E-state index contributed by atoms with van der Waals surface area (Å²) < 4.78 is 0. The number of carboxylic acid groups (broad SMARTS) is 1. The lowest BCUT2D eigenvalue weighted by Gasteiger charge is -2.20. The lowest BCUT2D eigenvalue weighted by molar-refractivity contribution is -0.140. The summed E-state index contributed by atoms with van der Waals surface area (Å²) in [7, 11) is 0. The highest BCUT2D eigenvalue weighted by atomic mass is 16.4. The van der Waals surface area contributed by atoms with Gasteiger partial charge in [-0.15, -0.1) is 0 Å². The number of aliphatic hydroxyl groups excluding tert-OH is 1. The van der Waals surface area contributed by atoms with Gasteiger partial charge in [0, 0.05) is 5.92 Å². The van der Waals surface area contributed by atoms with Gasteiger partial charge in [-0.05, 0) is 6.42 Å². The summed E-state index contributed by atoms with van der Waals surface area (Å²) in [6.45, 7) is 3.42. The van der Waals surface area contributed by atoms with Gasteiger partial charge >= 0.3 is 5.97 Å². The Morgan fingerprint density at radius 2 is 2.09 bits per heavy atom. The van der Waals surface area contributed by atoms with E-state index in [2.05, 4.69) is 0 Å². The Morgan fingerprint density at radius 3 is 2.36 bits per heavy atom. The van der Waals surface area contributed by atoms with Crippen molar-refractivity contribution in [1.82, 2.24) is 0 Å². The molecule has 1 unspecified atom stereocenters. The molecule has 4 nitrogen and oxygen atoms in total. The number of hydrogen-bond donors (Lipinski definition) is 3. The van der Waals surface area contributed by atoms with Crippen LogP contribution in [0.25, 0.3) is 0 Å². The molecule has 4 N–H and O–H groups in total. The Hall–Kier alpha value is -0.610. The first kappa shape index (κ1) is 10.4. The van der Waals surface area contributed by atoms with E-state index in [1.807, 2.05) is 0 Å². The van der Waals surface area contributed by atoms with E-state index < -0.39 is 24.0 Å². The molecule has 0 aliphatic heterocycles. The standard InChI is InChI=1S/C7H15NO3/c1-3-5(9)4(2)6(8)7(10)11/h4-6,9H,3,8H2,1-2H3,(H,10,11)/t4?,5-,6+/m0/s1. The summed E-state index contributed by atoms with van der Waals surface area (Å²) in [5.74, 6) is -1.46. The molecule has 0 spiro atoms. The summed E-state index contributed by atoms with van der Waals surface area (Å²) in [5.41, 5.74) is 5.28. The summed E-state index contributed by atoms with van der Waals surface area (Å²) in [6, 6.07) is -0.968. The zero-order chi connectivity index (χ0) is 9.02. The molecule has 0 rings (SSSR count). The van der Waals surface area contributed by atoms with E-state index >= 15 is 0 Å². The highest BCUT2D eigenvalue weighted by Crippen LogP contribution is 2.09. The second-order valence-corrected chi connectivity index (χ2v) is 2.70. The lowest BCUT2D eigenvalue weighted by atomic mass is 9.95. The van der Waals surface area contributed by atoms with Crippen molar-refractivity contribution in [2.45, 2.75) is 32.4 Å². The average molecular weight is 161 g/mol. The number of rotatable bonds is 4. The SMILES string of the molecule is CC[C@H](O)C(C)[C@@H](N)C(=O)O. The molecule has 66 valence electrons. The van der Waals surface area contributed by atoms with Gasteiger partial charge in [0.25, 0.3) is 0 Å². The molecule has 0 aromatic rings. The molecular formula is C7H15NO3. The summed E-state index contributed by atoms with van der Waals surface area (Å²) in [4.78, 5) is 10.3. The number of carbonyl (C=O) groups is 1. The first-order valence-electron chi connectivity index (χ1n) is 3.67. The second kappa shape index (κ2) is 4.31. The zero-order valence-corrected chi connectivity index (χ0v) is 6.82. The number of nitrogens with two attached hydrogens (primary N) is 1. The zero-order valence-electron chi connectivity index (χ0n) is 6.82. The van der Waals surface area contributed by atoms with E-state index in [1.54, 1.807) is 13.8 Å². The summed E-state index contributed by atoms with van der Waals surface area (Å²) in [5, 5.41) is 17.7. The Morgan fingerprint density at radius 1 is 1.64 bits per heavy atom. The Kier molecular flexibility index (Phi) is 4.07. The predicted octanol–water partition coefficient (Wildman–Crippen LogP) is -0.195. The van der Waals surface area contributed by atoms with Crippen LogP contribution in [0.5, 0.6) is 0 Å². The largest absolute Gasteiger partial charge is 0.480 e. The van der Waals surface area contributed by atoms with Gasteiger partial charge in [0.15, 0.2) is 0 Å². The van der Waals surface area contributed by atoms with E-state index in [0.29, 0.717) is 6.42 Å². The third-order valence-electron chi connectivity index (χ3n) is 1.88. The number of hydrogen-bond acceptors (Lipinski definition) is 3. The van der Waals surface area contributed by atoms with E-state index in [4.69, 9.17) is 10.8 Å². The fraction of sp³-hybridized carbons (Fsp3) is 0.857. The molecule has 0 bridgehead atoms. The molecule has 0 saturated heterocycles. The first-order valence-corrected chi connectivity index (χ1v) is 3.67. The van der Waals surface area contributed by atoms with Gasteiger partial charge in [0.1, 0.15) is 6.04 Å². The van der Waals surface area contributed by atoms with E-state index in [0.717, 1.165) is 0 Å². The number of aliphatic carboxylic acids is 1. The molecule has 3 atom stereocenters. The van der Waals surface area contributed by atoms with Gasteiger partial charge in [-0.2, -0.15) is 0 Å². The van der Waals surface area contributed by atoms with Crippen molar-refractivity contribution in [1.29, 1.82) is 0 Å². The predicted molar refractivity (Wildman–Crippen MR) is 41.1 cm³/mol. The molecule has 0 heterocycles. The van der Waals surface area contributed by atoms with Crippen LogP contribution in [0.2, 0.25) is 0 Å². The van der Waals surface area contributed by atoms with Crippen LogP contribution >= 0.6 is 0 Å². The van der Waals surface area contributed by atoms with Crippen LogP contribution in [0.3, 0.4) is 0 Å². The minimum absolute atomic E-state index is 0.391. The molecular weight excluding hydrogens is 146 g/mol. The number of carboxylic acids is 1. The minimum Gasteiger partial charge on any atom is -0.480 e. The highest BCUT2D eigenvalue weighted by molar-refractivity contribution is 5.73. The van der Waals surface area contributed by atoms with Gasteiger partial charge in [-0.1, -0.05) is 13.8 Å². The van der Waals surface area contributed by atoms with Crippen molar-refractivity contribution in [3.05, 3.63) is 0 Å². The van der Waals surface area contributed by atoms with Crippen molar-refractivity contribution in [3.63, 3.8) is 0 Å². The third kappa shape index (κ3) is 2.86. The maximum Gasteiger partial charge on any atom is 0.320 e. The molecule has 0 aromatic heterocycles. The second-order valence-electron chi connectivity index (χ2n) is 2.70. The molecule has 0 radical (unpaired) electrons. The topological polar surface area (TPSA) is 83.5 Å². The van der Waals surface area contributed by atoms with Gasteiger partial charge < -0.3 is 15.9 Å². The first-order chi connectivity index (χ1) is 5.00. The maximum absolute atomic E-state index is 10.3.